The fourth-order valence-electron chi connectivity index (χ4n) is 1.05. The van der Waals surface area contributed by atoms with Crippen LogP contribution in [-0.4, -0.2) is 12.5 Å². The van der Waals surface area contributed by atoms with Crippen LogP contribution in [0.4, 0.5) is 14.5 Å². The van der Waals surface area contributed by atoms with Crippen molar-refractivity contribution in [1.82, 2.24) is 0 Å². The molecule has 1 aromatic rings. The molecular weight excluding hydrogens is 200 g/mol. The summed E-state index contributed by atoms with van der Waals surface area (Å²) >= 11 is 0. The number of rotatable bonds is 3. The van der Waals surface area contributed by atoms with Gasteiger partial charge in [-0.25, -0.2) is 8.78 Å². The van der Waals surface area contributed by atoms with E-state index >= 15 is 0 Å². The number of anilines is 1. The lowest BCUT2D eigenvalue weighted by atomic mass is 10.3. The van der Waals surface area contributed by atoms with Crippen LogP contribution in [-0.2, 0) is 0 Å². The molecule has 3 N–H and O–H groups in total. The van der Waals surface area contributed by atoms with Crippen molar-refractivity contribution in [2.45, 2.75) is 13.3 Å². The largest absolute Gasteiger partial charge is 0.370 e. The first kappa shape index (κ1) is 11.4. The Bertz CT molecular complexity index is 343. The number of nitrogens with two attached hydrogens (primary N) is 1. The third kappa shape index (κ3) is 3.93. The topological polar surface area (TPSA) is 50.4 Å². The summed E-state index contributed by atoms with van der Waals surface area (Å²) in [7, 11) is 0. The minimum absolute atomic E-state index is 0.154. The van der Waals surface area contributed by atoms with Crippen molar-refractivity contribution >= 4 is 11.6 Å². The third-order valence-electron chi connectivity index (χ3n) is 1.64. The molecule has 3 nitrogen and oxygen atoms in total. The zero-order valence-corrected chi connectivity index (χ0v) is 8.43. The number of hydrogen-bond donors (Lipinski definition) is 2. The van der Waals surface area contributed by atoms with Gasteiger partial charge in [0.05, 0.1) is 0 Å². The summed E-state index contributed by atoms with van der Waals surface area (Å²) in [6, 6.07) is 3.10. The highest BCUT2D eigenvalue weighted by molar-refractivity contribution is 5.92. The van der Waals surface area contributed by atoms with Crippen LogP contribution in [0.15, 0.2) is 23.2 Å². The molecule has 0 heterocycles. The van der Waals surface area contributed by atoms with Crippen molar-refractivity contribution in [2.24, 2.45) is 10.7 Å². The van der Waals surface area contributed by atoms with Gasteiger partial charge in [-0.15, -0.1) is 0 Å². The van der Waals surface area contributed by atoms with Crippen LogP contribution >= 0.6 is 0 Å². The summed E-state index contributed by atoms with van der Waals surface area (Å²) in [6.45, 7) is 2.54. The lowest BCUT2D eigenvalue weighted by Gasteiger charge is -2.05. The van der Waals surface area contributed by atoms with Crippen molar-refractivity contribution in [2.75, 3.05) is 11.9 Å². The number of guanidine groups is 1. The van der Waals surface area contributed by atoms with E-state index < -0.39 is 11.6 Å². The Labute approximate surface area is 87.0 Å². The number of hydrogen-bond acceptors (Lipinski definition) is 1. The molecule has 5 heteroatoms. The quantitative estimate of drug-likeness (QED) is 0.596. The number of halogens is 2. The molecule has 0 aromatic heterocycles. The second kappa shape index (κ2) is 5.29. The van der Waals surface area contributed by atoms with Gasteiger partial charge in [0.1, 0.15) is 11.6 Å². The van der Waals surface area contributed by atoms with E-state index in [1.165, 1.54) is 0 Å². The van der Waals surface area contributed by atoms with Crippen molar-refractivity contribution in [1.29, 1.82) is 0 Å². The Balaban J connectivity index is 2.72. The maximum Gasteiger partial charge on any atom is 0.193 e. The first-order chi connectivity index (χ1) is 7.11. The van der Waals surface area contributed by atoms with Crippen LogP contribution < -0.4 is 11.1 Å². The van der Waals surface area contributed by atoms with Crippen LogP contribution in [0.1, 0.15) is 13.3 Å². The third-order valence-corrected chi connectivity index (χ3v) is 1.64. The smallest absolute Gasteiger partial charge is 0.193 e. The van der Waals surface area contributed by atoms with Gasteiger partial charge in [-0.05, 0) is 18.6 Å². The van der Waals surface area contributed by atoms with E-state index in [9.17, 15) is 8.78 Å². The number of benzene rings is 1. The Morgan fingerprint density at radius 2 is 1.93 bits per heavy atom. The molecule has 82 valence electrons. The first-order valence-corrected chi connectivity index (χ1v) is 4.65. The predicted molar refractivity (Wildman–Crippen MR) is 56.8 cm³/mol. The highest BCUT2D eigenvalue weighted by atomic mass is 19.1. The van der Waals surface area contributed by atoms with Gasteiger partial charge < -0.3 is 11.1 Å². The molecule has 0 aliphatic heterocycles. The van der Waals surface area contributed by atoms with Crippen molar-refractivity contribution in [3.8, 4) is 0 Å². The maximum atomic E-state index is 12.8. The van der Waals surface area contributed by atoms with Gasteiger partial charge >= 0.3 is 0 Å². The molecule has 0 bridgehead atoms. The molecule has 0 atom stereocenters. The molecule has 15 heavy (non-hydrogen) atoms. The molecule has 0 aliphatic carbocycles. The fraction of sp³-hybridized carbons (Fsp3) is 0.300. The SMILES string of the molecule is CCCN=C(N)Nc1cc(F)cc(F)c1. The summed E-state index contributed by atoms with van der Waals surface area (Å²) in [5.41, 5.74) is 5.74. The summed E-state index contributed by atoms with van der Waals surface area (Å²) in [5, 5.41) is 2.61. The molecule has 0 spiro atoms. The van der Waals surface area contributed by atoms with E-state index in [2.05, 4.69) is 10.3 Å². The van der Waals surface area contributed by atoms with E-state index in [4.69, 9.17) is 5.73 Å². The maximum absolute atomic E-state index is 12.8. The average Bonchev–Trinajstić information content (AvgIpc) is 2.13. The van der Waals surface area contributed by atoms with Crippen molar-refractivity contribution in [3.05, 3.63) is 29.8 Å². The van der Waals surface area contributed by atoms with E-state index in [1.54, 1.807) is 0 Å². The van der Waals surface area contributed by atoms with Gasteiger partial charge in [0.2, 0.25) is 0 Å². The standard InChI is InChI=1S/C10H13F2N3/c1-2-3-14-10(13)15-9-5-7(11)4-8(12)6-9/h4-6H,2-3H2,1H3,(H3,13,14,15). The van der Waals surface area contributed by atoms with Crippen LogP contribution in [0.5, 0.6) is 0 Å². The molecule has 0 aliphatic rings. The van der Waals surface area contributed by atoms with E-state index in [0.717, 1.165) is 24.6 Å². The molecule has 0 amide bonds. The molecular formula is C10H13F2N3. The highest BCUT2D eigenvalue weighted by Gasteiger charge is 2.00. The molecule has 0 saturated carbocycles. The minimum Gasteiger partial charge on any atom is -0.370 e. The van der Waals surface area contributed by atoms with Gasteiger partial charge in [-0.1, -0.05) is 6.92 Å². The molecule has 0 radical (unpaired) electrons. The van der Waals surface area contributed by atoms with Gasteiger partial charge in [0.15, 0.2) is 5.96 Å². The summed E-state index contributed by atoms with van der Waals surface area (Å²) < 4.78 is 25.5. The van der Waals surface area contributed by atoms with Gasteiger partial charge in [0.25, 0.3) is 0 Å². The molecule has 0 unspecified atom stereocenters. The molecule has 1 rings (SSSR count). The second-order valence-electron chi connectivity index (χ2n) is 3.05. The Morgan fingerprint density at radius 3 is 2.47 bits per heavy atom. The second-order valence-corrected chi connectivity index (χ2v) is 3.05. The van der Waals surface area contributed by atoms with Crippen molar-refractivity contribution < 1.29 is 8.78 Å². The van der Waals surface area contributed by atoms with Crippen molar-refractivity contribution in [3.63, 3.8) is 0 Å². The lowest BCUT2D eigenvalue weighted by Crippen LogP contribution is -2.22. The van der Waals surface area contributed by atoms with E-state index in [0.29, 0.717) is 6.54 Å². The Hall–Kier alpha value is -1.65. The zero-order chi connectivity index (χ0) is 11.3. The highest BCUT2D eigenvalue weighted by Crippen LogP contribution is 2.12. The van der Waals surface area contributed by atoms with E-state index in [1.807, 2.05) is 6.92 Å². The first-order valence-electron chi connectivity index (χ1n) is 4.65. The average molecular weight is 213 g/mol. The van der Waals surface area contributed by atoms with Gasteiger partial charge in [0, 0.05) is 18.3 Å². The van der Waals surface area contributed by atoms with Crippen LogP contribution in [0.25, 0.3) is 0 Å². The summed E-state index contributed by atoms with van der Waals surface area (Å²) in [5.74, 6) is -1.15. The van der Waals surface area contributed by atoms with Crippen LogP contribution in [0, 0.1) is 11.6 Å². The zero-order valence-electron chi connectivity index (χ0n) is 8.43. The molecule has 1 aromatic carbocycles. The van der Waals surface area contributed by atoms with Gasteiger partial charge in [-0.2, -0.15) is 0 Å². The number of nitrogens with zero attached hydrogens (tertiary/aromatic N) is 1. The molecule has 0 fully saturated rings. The van der Waals surface area contributed by atoms with Crippen LogP contribution in [0.2, 0.25) is 0 Å². The van der Waals surface area contributed by atoms with Gasteiger partial charge in [-0.3, -0.25) is 4.99 Å². The summed E-state index contributed by atoms with van der Waals surface area (Å²) in [4.78, 5) is 3.94. The predicted octanol–water partition coefficient (Wildman–Crippen LogP) is 2.10. The fourth-order valence-corrected chi connectivity index (χ4v) is 1.05. The Kier molecular flexibility index (Phi) is 4.03. The number of aliphatic imine (C=N–C) groups is 1. The number of nitrogens with one attached hydrogen (secondary N) is 1. The summed E-state index contributed by atoms with van der Waals surface area (Å²) in [6.07, 6.45) is 0.861. The normalized spacial score (nSPS) is 11.5. The van der Waals surface area contributed by atoms with E-state index in [-0.39, 0.29) is 11.6 Å². The van der Waals surface area contributed by atoms with Crippen LogP contribution in [0.3, 0.4) is 0 Å². The Morgan fingerprint density at radius 1 is 1.33 bits per heavy atom. The molecule has 0 saturated heterocycles. The minimum atomic E-state index is -0.652. The monoisotopic (exact) mass is 213 g/mol. The lowest BCUT2D eigenvalue weighted by molar-refractivity contribution is 0.584.